The molecule has 1 aromatic heterocycles. The van der Waals surface area contributed by atoms with Gasteiger partial charge < -0.3 is 14.6 Å². The summed E-state index contributed by atoms with van der Waals surface area (Å²) in [6.07, 6.45) is 0. The van der Waals surface area contributed by atoms with Gasteiger partial charge in [-0.15, -0.1) is 5.10 Å². The molecule has 120 valence electrons. The normalized spacial score (nSPS) is 11.8. The Morgan fingerprint density at radius 1 is 1.23 bits per heavy atom. The SMILES string of the molecule is CN(C)Cc1nnc(NCCS(=O)(=O)c2ccc(F)cc2)o1. The number of sulfone groups is 1. The zero-order chi connectivity index (χ0) is 16.2. The fourth-order valence-corrected chi connectivity index (χ4v) is 2.87. The lowest BCUT2D eigenvalue weighted by molar-refractivity contribution is 0.344. The number of benzene rings is 1. The molecule has 22 heavy (non-hydrogen) atoms. The van der Waals surface area contributed by atoms with Gasteiger partial charge >= 0.3 is 6.01 Å². The third-order valence-electron chi connectivity index (χ3n) is 2.74. The van der Waals surface area contributed by atoms with Crippen LogP contribution in [0.1, 0.15) is 5.89 Å². The van der Waals surface area contributed by atoms with Gasteiger partial charge in [0, 0.05) is 6.54 Å². The Morgan fingerprint density at radius 3 is 2.55 bits per heavy atom. The highest BCUT2D eigenvalue weighted by Crippen LogP contribution is 2.12. The Kier molecular flexibility index (Phi) is 5.09. The molecule has 2 rings (SSSR count). The summed E-state index contributed by atoms with van der Waals surface area (Å²) < 4.78 is 42.2. The molecule has 0 aliphatic rings. The van der Waals surface area contributed by atoms with Crippen molar-refractivity contribution in [3.8, 4) is 0 Å². The van der Waals surface area contributed by atoms with Gasteiger partial charge in [-0.25, -0.2) is 12.8 Å². The van der Waals surface area contributed by atoms with Crippen LogP contribution in [0, 0.1) is 5.82 Å². The van der Waals surface area contributed by atoms with Crippen molar-refractivity contribution in [2.24, 2.45) is 0 Å². The third-order valence-corrected chi connectivity index (χ3v) is 4.47. The Balaban J connectivity index is 1.90. The molecule has 0 atom stereocenters. The summed E-state index contributed by atoms with van der Waals surface area (Å²) in [5.74, 6) is -0.199. The number of anilines is 1. The van der Waals surface area contributed by atoms with Crippen molar-refractivity contribution in [1.82, 2.24) is 15.1 Å². The maximum atomic E-state index is 12.8. The fraction of sp³-hybridized carbons (Fsp3) is 0.385. The zero-order valence-corrected chi connectivity index (χ0v) is 13.1. The number of nitrogens with zero attached hydrogens (tertiary/aromatic N) is 3. The van der Waals surface area contributed by atoms with E-state index in [-0.39, 0.29) is 23.2 Å². The van der Waals surface area contributed by atoms with Crippen molar-refractivity contribution in [3.05, 3.63) is 36.0 Å². The van der Waals surface area contributed by atoms with E-state index in [9.17, 15) is 12.8 Å². The van der Waals surface area contributed by atoms with E-state index in [0.29, 0.717) is 12.4 Å². The minimum absolute atomic E-state index is 0.0783. The molecule has 0 spiro atoms. The molecular formula is C13H17FN4O3S. The van der Waals surface area contributed by atoms with Crippen LogP contribution in [-0.2, 0) is 16.4 Å². The van der Waals surface area contributed by atoms with Gasteiger partial charge in [-0.1, -0.05) is 5.10 Å². The highest BCUT2D eigenvalue weighted by Gasteiger charge is 2.15. The standard InChI is InChI=1S/C13H17FN4O3S/c1-18(2)9-12-16-17-13(21-12)15-7-8-22(19,20)11-5-3-10(14)4-6-11/h3-6H,7-9H2,1-2H3,(H,15,17). The van der Waals surface area contributed by atoms with E-state index in [0.717, 1.165) is 12.1 Å². The van der Waals surface area contributed by atoms with Gasteiger partial charge in [0.2, 0.25) is 5.89 Å². The van der Waals surface area contributed by atoms with Crippen LogP contribution >= 0.6 is 0 Å². The molecule has 0 unspecified atom stereocenters. The van der Waals surface area contributed by atoms with E-state index >= 15 is 0 Å². The van der Waals surface area contributed by atoms with Crippen LogP contribution in [0.3, 0.4) is 0 Å². The van der Waals surface area contributed by atoms with Gasteiger partial charge in [0.25, 0.3) is 0 Å². The van der Waals surface area contributed by atoms with Crippen molar-refractivity contribution in [3.63, 3.8) is 0 Å². The van der Waals surface area contributed by atoms with E-state index in [1.54, 1.807) is 0 Å². The Labute approximate surface area is 128 Å². The molecule has 9 heteroatoms. The number of hydrogen-bond acceptors (Lipinski definition) is 7. The van der Waals surface area contributed by atoms with Gasteiger partial charge in [0.15, 0.2) is 9.84 Å². The Morgan fingerprint density at radius 2 is 1.91 bits per heavy atom. The van der Waals surface area contributed by atoms with E-state index in [2.05, 4.69) is 15.5 Å². The molecular weight excluding hydrogens is 311 g/mol. The molecule has 0 saturated carbocycles. The molecule has 0 fully saturated rings. The molecule has 0 bridgehead atoms. The van der Waals surface area contributed by atoms with Gasteiger partial charge in [-0.05, 0) is 38.4 Å². The lowest BCUT2D eigenvalue weighted by Crippen LogP contribution is -2.16. The maximum Gasteiger partial charge on any atom is 0.315 e. The first-order chi connectivity index (χ1) is 10.4. The van der Waals surface area contributed by atoms with Crippen LogP contribution in [0.25, 0.3) is 0 Å². The molecule has 7 nitrogen and oxygen atoms in total. The molecule has 1 N–H and O–H groups in total. The first kappa shape index (κ1) is 16.4. The first-order valence-corrected chi connectivity index (χ1v) is 8.21. The van der Waals surface area contributed by atoms with Crippen LogP contribution in [0.5, 0.6) is 0 Å². The average molecular weight is 328 g/mol. The second kappa shape index (κ2) is 6.84. The van der Waals surface area contributed by atoms with E-state index in [4.69, 9.17) is 4.42 Å². The molecule has 1 heterocycles. The van der Waals surface area contributed by atoms with Crippen molar-refractivity contribution in [2.45, 2.75) is 11.4 Å². The highest BCUT2D eigenvalue weighted by molar-refractivity contribution is 7.91. The molecule has 2 aromatic rings. The van der Waals surface area contributed by atoms with Crippen molar-refractivity contribution >= 4 is 15.9 Å². The number of aromatic nitrogens is 2. The molecule has 0 aliphatic heterocycles. The van der Waals surface area contributed by atoms with E-state index in [1.165, 1.54) is 12.1 Å². The minimum Gasteiger partial charge on any atom is -0.407 e. The lowest BCUT2D eigenvalue weighted by Gasteiger charge is -2.05. The number of hydrogen-bond donors (Lipinski definition) is 1. The van der Waals surface area contributed by atoms with Gasteiger partial charge in [0.05, 0.1) is 17.2 Å². The van der Waals surface area contributed by atoms with E-state index < -0.39 is 15.7 Å². The lowest BCUT2D eigenvalue weighted by atomic mass is 10.4. The summed E-state index contributed by atoms with van der Waals surface area (Å²) in [6.45, 7) is 0.617. The van der Waals surface area contributed by atoms with Gasteiger partial charge in [-0.2, -0.15) is 0 Å². The predicted octanol–water partition coefficient (Wildman–Crippen LogP) is 1.16. The van der Waals surface area contributed by atoms with Gasteiger partial charge in [-0.3, -0.25) is 0 Å². The summed E-state index contributed by atoms with van der Waals surface area (Å²) in [5, 5.41) is 10.4. The average Bonchev–Trinajstić information content (AvgIpc) is 2.85. The van der Waals surface area contributed by atoms with Crippen molar-refractivity contribution in [2.75, 3.05) is 31.7 Å². The van der Waals surface area contributed by atoms with Crippen molar-refractivity contribution in [1.29, 1.82) is 0 Å². The Hall–Kier alpha value is -2.00. The summed E-state index contributed by atoms with van der Waals surface area (Å²) in [4.78, 5) is 1.95. The molecule has 0 saturated heterocycles. The van der Waals surface area contributed by atoms with Gasteiger partial charge in [0.1, 0.15) is 5.82 Å². The predicted molar refractivity (Wildman–Crippen MR) is 78.6 cm³/mol. The summed E-state index contributed by atoms with van der Waals surface area (Å²) >= 11 is 0. The fourth-order valence-electron chi connectivity index (χ4n) is 1.71. The van der Waals surface area contributed by atoms with Crippen LogP contribution in [-0.4, -0.2) is 49.9 Å². The van der Waals surface area contributed by atoms with Crippen LogP contribution in [0.4, 0.5) is 10.4 Å². The molecule has 0 radical (unpaired) electrons. The molecule has 0 amide bonds. The minimum atomic E-state index is -3.49. The Bertz CT molecular complexity index is 713. The topological polar surface area (TPSA) is 88.3 Å². The smallest absolute Gasteiger partial charge is 0.315 e. The second-order valence-electron chi connectivity index (χ2n) is 4.94. The first-order valence-electron chi connectivity index (χ1n) is 6.56. The van der Waals surface area contributed by atoms with E-state index in [1.807, 2.05) is 19.0 Å². The number of halogens is 1. The number of rotatable bonds is 7. The number of nitrogens with one attached hydrogen (secondary N) is 1. The van der Waals surface area contributed by atoms with Crippen LogP contribution in [0.2, 0.25) is 0 Å². The zero-order valence-electron chi connectivity index (χ0n) is 12.3. The molecule has 1 aromatic carbocycles. The third kappa shape index (κ3) is 4.50. The summed E-state index contributed by atoms with van der Waals surface area (Å²) in [7, 11) is 0.249. The molecule has 0 aliphatic carbocycles. The monoisotopic (exact) mass is 328 g/mol. The summed E-state index contributed by atoms with van der Waals surface area (Å²) in [5.41, 5.74) is 0. The van der Waals surface area contributed by atoms with Crippen LogP contribution in [0.15, 0.2) is 33.6 Å². The summed E-state index contributed by atoms with van der Waals surface area (Å²) in [6, 6.07) is 4.89. The largest absolute Gasteiger partial charge is 0.407 e. The quantitative estimate of drug-likeness (QED) is 0.763. The van der Waals surface area contributed by atoms with Crippen LogP contribution < -0.4 is 5.32 Å². The van der Waals surface area contributed by atoms with Crippen molar-refractivity contribution < 1.29 is 17.2 Å². The maximum absolute atomic E-state index is 12.8. The second-order valence-corrected chi connectivity index (χ2v) is 7.05. The highest BCUT2D eigenvalue weighted by atomic mass is 32.2.